The van der Waals surface area contributed by atoms with E-state index in [1.54, 1.807) is 15.9 Å². The van der Waals surface area contributed by atoms with E-state index in [1.165, 1.54) is 22.2 Å². The zero-order valence-corrected chi connectivity index (χ0v) is 19.7. The molecule has 2 aromatic heterocycles. The summed E-state index contributed by atoms with van der Waals surface area (Å²) in [5.41, 5.74) is 3.14. The Kier molecular flexibility index (Phi) is 5.65. The molecule has 0 saturated carbocycles. The van der Waals surface area contributed by atoms with Gasteiger partial charge in [-0.25, -0.2) is 4.98 Å². The Hall–Kier alpha value is -2.12. The number of amides is 1. The van der Waals surface area contributed by atoms with E-state index in [-0.39, 0.29) is 11.5 Å². The number of aromatic nitrogens is 2. The maximum Gasteiger partial charge on any atom is 0.267 e. The van der Waals surface area contributed by atoms with Gasteiger partial charge in [-0.2, -0.15) is 0 Å². The third-order valence-electron chi connectivity index (χ3n) is 6.46. The summed E-state index contributed by atoms with van der Waals surface area (Å²) in [5.74, 6) is 1.13. The van der Waals surface area contributed by atoms with Gasteiger partial charge >= 0.3 is 0 Å². The molecule has 0 spiro atoms. The number of hydrogen-bond donors (Lipinski definition) is 0. The third-order valence-corrected chi connectivity index (χ3v) is 8.57. The van der Waals surface area contributed by atoms with Gasteiger partial charge in [0.05, 0.1) is 16.8 Å². The molecule has 0 bridgehead atoms. The summed E-state index contributed by atoms with van der Waals surface area (Å²) in [6, 6.07) is 7.96. The Labute approximate surface area is 190 Å². The second-order valence-electron chi connectivity index (χ2n) is 8.76. The first-order chi connectivity index (χ1) is 15.0. The lowest BCUT2D eigenvalue weighted by Gasteiger charge is -2.30. The summed E-state index contributed by atoms with van der Waals surface area (Å²) in [6.07, 6.45) is 5.23. The second-order valence-corrected chi connectivity index (χ2v) is 10.8. The maximum atomic E-state index is 13.7. The minimum Gasteiger partial charge on any atom is -0.342 e. The van der Waals surface area contributed by atoms with Crippen LogP contribution in [0.5, 0.6) is 0 Å². The van der Waals surface area contributed by atoms with Crippen LogP contribution in [0.3, 0.4) is 0 Å². The van der Waals surface area contributed by atoms with Crippen molar-refractivity contribution < 1.29 is 4.79 Å². The Morgan fingerprint density at radius 3 is 2.68 bits per heavy atom. The molecular weight excluding hydrogens is 426 g/mol. The highest BCUT2D eigenvalue weighted by molar-refractivity contribution is 7.99. The van der Waals surface area contributed by atoms with Gasteiger partial charge in [0.15, 0.2) is 5.16 Å². The molecule has 162 valence electrons. The van der Waals surface area contributed by atoms with E-state index in [0.717, 1.165) is 66.7 Å². The van der Waals surface area contributed by atoms with E-state index in [1.807, 2.05) is 36.1 Å². The summed E-state index contributed by atoms with van der Waals surface area (Å²) in [5, 5.41) is 1.39. The van der Waals surface area contributed by atoms with Crippen molar-refractivity contribution in [3.63, 3.8) is 0 Å². The number of benzene rings is 1. The molecule has 7 heteroatoms. The lowest BCUT2D eigenvalue weighted by Crippen LogP contribution is -2.39. The predicted molar refractivity (Wildman–Crippen MR) is 128 cm³/mol. The second kappa shape index (κ2) is 8.43. The molecule has 1 aromatic carbocycles. The molecule has 5 rings (SSSR count). The number of likely N-dealkylation sites (tertiary alicyclic amines) is 1. The fraction of sp³-hybridized carbons (Fsp3) is 0.458. The highest BCUT2D eigenvalue weighted by Crippen LogP contribution is 2.36. The Morgan fingerprint density at radius 1 is 1.19 bits per heavy atom. The number of fused-ring (bicyclic) bond motifs is 3. The van der Waals surface area contributed by atoms with Crippen LogP contribution in [-0.2, 0) is 17.6 Å². The molecule has 5 nitrogen and oxygen atoms in total. The normalized spacial score (nSPS) is 16.8. The number of nitrogens with zero attached hydrogens (tertiary/aromatic N) is 3. The largest absolute Gasteiger partial charge is 0.342 e. The number of hydrogen-bond acceptors (Lipinski definition) is 5. The van der Waals surface area contributed by atoms with Crippen LogP contribution in [0, 0.1) is 12.8 Å². The van der Waals surface area contributed by atoms with Gasteiger partial charge in [-0.15, -0.1) is 11.3 Å². The summed E-state index contributed by atoms with van der Waals surface area (Å²) >= 11 is 3.04. The zero-order valence-electron chi connectivity index (χ0n) is 18.0. The average Bonchev–Trinajstić information content (AvgIpc) is 3.34. The van der Waals surface area contributed by atoms with Gasteiger partial charge < -0.3 is 4.90 Å². The van der Waals surface area contributed by atoms with E-state index >= 15 is 0 Å². The van der Waals surface area contributed by atoms with Crippen molar-refractivity contribution >= 4 is 39.2 Å². The van der Waals surface area contributed by atoms with Gasteiger partial charge in [-0.1, -0.05) is 36.4 Å². The highest BCUT2D eigenvalue weighted by Gasteiger charge is 2.25. The minimum atomic E-state index is -0.00463. The molecule has 1 aliphatic carbocycles. The first kappa shape index (κ1) is 20.8. The predicted octanol–water partition coefficient (Wildman–Crippen LogP) is 4.59. The average molecular weight is 454 g/mol. The molecular formula is C24H27N3O2S2. The quantitative estimate of drug-likeness (QED) is 0.428. The van der Waals surface area contributed by atoms with Gasteiger partial charge in [0, 0.05) is 18.0 Å². The smallest absolute Gasteiger partial charge is 0.267 e. The van der Waals surface area contributed by atoms with Crippen LogP contribution in [0.4, 0.5) is 0 Å². The molecule has 1 amide bonds. The minimum absolute atomic E-state index is 0.00463. The topological polar surface area (TPSA) is 55.2 Å². The number of rotatable bonds is 4. The number of carbonyl (C=O) groups excluding carboxylic acids is 1. The molecule has 0 N–H and O–H groups in total. The third kappa shape index (κ3) is 3.94. The SMILES string of the molecule is Cc1ccc(-n2c(SCC(=O)N3CCC(C)CC3)nc3sc4c(c3c2=O)CCC4)cc1. The number of thiophene rings is 1. The first-order valence-corrected chi connectivity index (χ1v) is 12.9. The lowest BCUT2D eigenvalue weighted by atomic mass is 9.99. The van der Waals surface area contributed by atoms with Crippen LogP contribution in [0.25, 0.3) is 15.9 Å². The Balaban J connectivity index is 1.52. The monoisotopic (exact) mass is 453 g/mol. The standard InChI is InChI=1S/C24H27N3O2S2/c1-15-6-8-17(9-7-15)27-23(29)21-18-4-3-5-19(18)31-22(21)25-24(27)30-14-20(28)26-12-10-16(2)11-13-26/h6-9,16H,3-5,10-14H2,1-2H3. The highest BCUT2D eigenvalue weighted by atomic mass is 32.2. The van der Waals surface area contributed by atoms with Crippen LogP contribution in [0.1, 0.15) is 42.2 Å². The summed E-state index contributed by atoms with van der Waals surface area (Å²) in [6.45, 7) is 5.94. The van der Waals surface area contributed by atoms with E-state index in [4.69, 9.17) is 4.98 Å². The number of carbonyl (C=O) groups is 1. The number of thioether (sulfide) groups is 1. The van der Waals surface area contributed by atoms with E-state index in [0.29, 0.717) is 16.8 Å². The molecule has 0 radical (unpaired) electrons. The molecule has 2 aliphatic rings. The van der Waals surface area contributed by atoms with Gasteiger partial charge in [-0.3, -0.25) is 14.2 Å². The molecule has 0 unspecified atom stereocenters. The molecule has 1 aliphatic heterocycles. The van der Waals surface area contributed by atoms with E-state index in [9.17, 15) is 9.59 Å². The fourth-order valence-corrected chi connectivity index (χ4v) is 6.74. The van der Waals surface area contributed by atoms with Crippen molar-refractivity contribution in [2.45, 2.75) is 51.1 Å². The summed E-state index contributed by atoms with van der Waals surface area (Å²) < 4.78 is 1.71. The maximum absolute atomic E-state index is 13.7. The summed E-state index contributed by atoms with van der Waals surface area (Å²) in [4.78, 5) is 35.5. The van der Waals surface area contributed by atoms with Crippen LogP contribution < -0.4 is 5.56 Å². The fourth-order valence-electron chi connectivity index (χ4n) is 4.52. The van der Waals surface area contributed by atoms with E-state index in [2.05, 4.69) is 6.92 Å². The van der Waals surface area contributed by atoms with Crippen LogP contribution in [0.15, 0.2) is 34.2 Å². The molecule has 31 heavy (non-hydrogen) atoms. The molecule has 3 aromatic rings. The number of piperidine rings is 1. The van der Waals surface area contributed by atoms with Crippen molar-refractivity contribution in [1.29, 1.82) is 0 Å². The Bertz CT molecular complexity index is 1190. The van der Waals surface area contributed by atoms with Crippen LogP contribution in [0.2, 0.25) is 0 Å². The van der Waals surface area contributed by atoms with Crippen molar-refractivity contribution in [1.82, 2.24) is 14.5 Å². The molecule has 0 atom stereocenters. The Morgan fingerprint density at radius 2 is 1.94 bits per heavy atom. The van der Waals surface area contributed by atoms with Crippen molar-refractivity contribution in [3.05, 3.63) is 50.6 Å². The zero-order chi connectivity index (χ0) is 21.5. The molecule has 3 heterocycles. The first-order valence-electron chi connectivity index (χ1n) is 11.1. The van der Waals surface area contributed by atoms with Crippen molar-refractivity contribution in [2.75, 3.05) is 18.8 Å². The lowest BCUT2D eigenvalue weighted by molar-refractivity contribution is -0.129. The van der Waals surface area contributed by atoms with Crippen molar-refractivity contribution in [3.8, 4) is 5.69 Å². The van der Waals surface area contributed by atoms with E-state index < -0.39 is 0 Å². The van der Waals surface area contributed by atoms with Gasteiger partial charge in [0.2, 0.25) is 5.91 Å². The van der Waals surface area contributed by atoms with Crippen molar-refractivity contribution in [2.24, 2.45) is 5.92 Å². The summed E-state index contributed by atoms with van der Waals surface area (Å²) in [7, 11) is 0. The molecule has 1 fully saturated rings. The van der Waals surface area contributed by atoms with Gasteiger partial charge in [0.1, 0.15) is 4.83 Å². The molecule has 1 saturated heterocycles. The van der Waals surface area contributed by atoms with Gasteiger partial charge in [-0.05, 0) is 62.6 Å². The number of aryl methyl sites for hydroxylation is 3. The van der Waals surface area contributed by atoms with Gasteiger partial charge in [0.25, 0.3) is 5.56 Å². The van der Waals surface area contributed by atoms with Crippen LogP contribution in [-0.4, -0.2) is 39.2 Å². The van der Waals surface area contributed by atoms with Crippen LogP contribution >= 0.6 is 23.1 Å².